The number of allylic oxidation sites excluding steroid dienone is 1. The summed E-state index contributed by atoms with van der Waals surface area (Å²) in [6.45, 7) is 9.73. The van der Waals surface area contributed by atoms with Crippen molar-refractivity contribution in [1.82, 2.24) is 10.2 Å². The van der Waals surface area contributed by atoms with Gasteiger partial charge in [0.1, 0.15) is 18.0 Å². The summed E-state index contributed by atoms with van der Waals surface area (Å²) < 4.78 is 53.3. The van der Waals surface area contributed by atoms with Gasteiger partial charge >= 0.3 is 12.3 Å². The maximum Gasteiger partial charge on any atom is 0.419 e. The fourth-order valence-electron chi connectivity index (χ4n) is 5.24. The number of piperidine rings is 1. The lowest BCUT2D eigenvalue weighted by atomic mass is 9.89. The number of anilines is 1. The highest BCUT2D eigenvalue weighted by atomic mass is 19.4. The highest BCUT2D eigenvalue weighted by molar-refractivity contribution is 6.01. The van der Waals surface area contributed by atoms with Gasteiger partial charge in [-0.1, -0.05) is 30.3 Å². The lowest BCUT2D eigenvalue weighted by Gasteiger charge is -2.33. The molecule has 2 aromatic carbocycles. The molecule has 46 heavy (non-hydrogen) atoms. The van der Waals surface area contributed by atoms with E-state index in [4.69, 9.17) is 9.47 Å². The molecule has 0 radical (unpaired) electrons. The molecule has 0 atom stereocenters. The molecule has 2 N–H and O–H groups in total. The molecule has 2 aromatic rings. The van der Waals surface area contributed by atoms with E-state index in [0.29, 0.717) is 30.7 Å². The lowest BCUT2D eigenvalue weighted by Crippen LogP contribution is -2.41. The molecule has 0 saturated carbocycles. The van der Waals surface area contributed by atoms with Gasteiger partial charge in [-0.2, -0.15) is 13.2 Å². The quantitative estimate of drug-likeness (QED) is 0.251. The van der Waals surface area contributed by atoms with Crippen LogP contribution in [0.2, 0.25) is 0 Å². The summed E-state index contributed by atoms with van der Waals surface area (Å²) >= 11 is 0. The van der Waals surface area contributed by atoms with Gasteiger partial charge < -0.3 is 25.0 Å². The summed E-state index contributed by atoms with van der Waals surface area (Å²) in [6.07, 6.45) is -2.48. The number of rotatable bonds is 12. The molecular formula is C34H44F3N5O4. The second-order valence-corrected chi connectivity index (χ2v) is 12.0. The minimum absolute atomic E-state index is 0.0363. The van der Waals surface area contributed by atoms with E-state index < -0.39 is 17.4 Å². The first-order valence-corrected chi connectivity index (χ1v) is 15.2. The molecule has 0 aliphatic carbocycles. The standard InChI is InChI=1S/C34H44F3N5O4/c1-33(2,3)46-32(44)42-17-15-24(16-18-42)26-12-14-29(30(19-26)45-6)41-22-40-28(27(21-38-4)34(35,36)37)13-11-23-9-7-8-10-25(23)20-31(43)39-5/h7-10,12,14,19,21,24,41H,4,11,13,15-18,20,22H2,1-3,5-6H3,(H,39,43)/b27-21+,40-28-. The van der Waals surface area contributed by atoms with Crippen molar-refractivity contribution in [1.29, 1.82) is 0 Å². The van der Waals surface area contributed by atoms with Crippen LogP contribution < -0.4 is 15.4 Å². The number of hydrogen-bond donors (Lipinski definition) is 2. The Morgan fingerprint density at radius 3 is 2.35 bits per heavy atom. The van der Waals surface area contributed by atoms with E-state index in [9.17, 15) is 22.8 Å². The molecule has 9 nitrogen and oxygen atoms in total. The Bertz CT molecular complexity index is 1420. The number of nitrogens with zero attached hydrogens (tertiary/aromatic N) is 3. The Morgan fingerprint density at radius 2 is 1.76 bits per heavy atom. The predicted octanol–water partition coefficient (Wildman–Crippen LogP) is 6.69. The van der Waals surface area contributed by atoms with Gasteiger partial charge in [0.2, 0.25) is 5.91 Å². The zero-order valence-electron chi connectivity index (χ0n) is 27.2. The van der Waals surface area contributed by atoms with Gasteiger partial charge in [0.25, 0.3) is 0 Å². The van der Waals surface area contributed by atoms with Crippen LogP contribution in [0.5, 0.6) is 5.75 Å². The topological polar surface area (TPSA) is 105 Å². The Balaban J connectivity index is 1.74. The number of likely N-dealkylation sites (tertiary alicyclic amines) is 1. The van der Waals surface area contributed by atoms with Gasteiger partial charge in [0.05, 0.1) is 30.5 Å². The maximum atomic E-state index is 14.1. The zero-order valence-corrected chi connectivity index (χ0v) is 27.2. The molecule has 1 heterocycles. The molecule has 2 amide bonds. The lowest BCUT2D eigenvalue weighted by molar-refractivity contribution is -0.120. The van der Waals surface area contributed by atoms with Crippen molar-refractivity contribution in [2.24, 2.45) is 9.98 Å². The number of aliphatic imine (C=N–C) groups is 2. The largest absolute Gasteiger partial charge is 0.495 e. The third kappa shape index (κ3) is 10.6. The van der Waals surface area contributed by atoms with E-state index in [1.165, 1.54) is 14.2 Å². The van der Waals surface area contributed by atoms with Gasteiger partial charge in [0.15, 0.2) is 0 Å². The average molecular weight is 644 g/mol. The molecule has 0 aromatic heterocycles. The molecular weight excluding hydrogens is 599 g/mol. The number of methoxy groups -OCH3 is 1. The van der Waals surface area contributed by atoms with Crippen LogP contribution in [0.3, 0.4) is 0 Å². The van der Waals surface area contributed by atoms with Crippen LogP contribution in [0.25, 0.3) is 0 Å². The van der Waals surface area contributed by atoms with Crippen molar-refractivity contribution < 1.29 is 32.2 Å². The number of likely N-dealkylation sites (N-methyl/N-ethyl adjacent to an activating group) is 1. The molecule has 250 valence electrons. The Kier molecular flexibility index (Phi) is 12.8. The fraction of sp³-hybridized carbons (Fsp3) is 0.471. The first-order chi connectivity index (χ1) is 21.7. The van der Waals surface area contributed by atoms with Crippen LogP contribution in [-0.4, -0.2) is 75.0 Å². The van der Waals surface area contributed by atoms with Crippen molar-refractivity contribution >= 4 is 30.1 Å². The van der Waals surface area contributed by atoms with Crippen molar-refractivity contribution in [3.05, 3.63) is 70.9 Å². The highest BCUT2D eigenvalue weighted by Crippen LogP contribution is 2.34. The Hall–Kier alpha value is -4.35. The molecule has 1 aliphatic heterocycles. The molecule has 1 saturated heterocycles. The summed E-state index contributed by atoms with van der Waals surface area (Å²) in [5.74, 6) is 0.554. The van der Waals surface area contributed by atoms with Crippen molar-refractivity contribution in [2.75, 3.05) is 39.2 Å². The molecule has 1 aliphatic rings. The highest BCUT2D eigenvalue weighted by Gasteiger charge is 2.37. The van der Waals surface area contributed by atoms with E-state index in [0.717, 1.165) is 29.5 Å². The van der Waals surface area contributed by atoms with Gasteiger partial charge in [-0.25, -0.2) is 4.79 Å². The third-order valence-corrected chi connectivity index (χ3v) is 7.60. The molecule has 3 rings (SSSR count). The van der Waals surface area contributed by atoms with E-state index in [-0.39, 0.29) is 49.6 Å². The molecule has 0 bridgehead atoms. The molecule has 0 unspecified atom stereocenters. The average Bonchev–Trinajstić information content (AvgIpc) is 3.01. The third-order valence-electron chi connectivity index (χ3n) is 7.60. The van der Waals surface area contributed by atoms with Crippen LogP contribution in [-0.2, 0) is 22.4 Å². The number of benzene rings is 2. The van der Waals surface area contributed by atoms with Crippen molar-refractivity contribution in [2.45, 2.75) is 70.6 Å². The number of carbonyl (C=O) groups excluding carboxylic acids is 2. The van der Waals surface area contributed by atoms with Crippen LogP contribution in [0.15, 0.2) is 64.2 Å². The van der Waals surface area contributed by atoms with Crippen molar-refractivity contribution in [3.8, 4) is 5.75 Å². The minimum Gasteiger partial charge on any atom is -0.495 e. The number of hydrogen-bond acceptors (Lipinski definition) is 7. The van der Waals surface area contributed by atoms with Crippen LogP contribution in [0, 0.1) is 0 Å². The van der Waals surface area contributed by atoms with E-state index in [1.807, 2.05) is 39.0 Å². The minimum atomic E-state index is -4.69. The smallest absolute Gasteiger partial charge is 0.419 e. The summed E-state index contributed by atoms with van der Waals surface area (Å²) in [6, 6.07) is 12.8. The molecule has 0 spiro atoms. The molecule has 1 fully saturated rings. The van der Waals surface area contributed by atoms with E-state index in [1.54, 1.807) is 29.2 Å². The van der Waals surface area contributed by atoms with Gasteiger partial charge in [-0.3, -0.25) is 14.8 Å². The summed E-state index contributed by atoms with van der Waals surface area (Å²) in [4.78, 5) is 33.8. The summed E-state index contributed by atoms with van der Waals surface area (Å²) in [5.41, 5.74) is 1.40. The zero-order chi connectivity index (χ0) is 33.9. The maximum absolute atomic E-state index is 14.1. The number of ether oxygens (including phenoxy) is 2. The van der Waals surface area contributed by atoms with Crippen LogP contribution in [0.4, 0.5) is 23.7 Å². The number of amides is 2. The van der Waals surface area contributed by atoms with Gasteiger partial charge in [-0.05, 0) is 87.9 Å². The second kappa shape index (κ2) is 16.3. The van der Waals surface area contributed by atoms with E-state index >= 15 is 0 Å². The molecule has 12 heteroatoms. The first kappa shape index (κ1) is 36.1. The SMILES string of the molecule is C=N/C=C(\C(CCc1ccccc1CC(=O)NC)=N/CNc1ccc(C2CCN(C(=O)OC(C)(C)C)CC2)cc1OC)C(F)(F)F. The van der Waals surface area contributed by atoms with E-state index in [2.05, 4.69) is 27.3 Å². The van der Waals surface area contributed by atoms with Crippen LogP contribution >= 0.6 is 0 Å². The summed E-state index contributed by atoms with van der Waals surface area (Å²) in [7, 11) is 3.06. The second-order valence-electron chi connectivity index (χ2n) is 12.0. The Labute approximate surface area is 269 Å². The Morgan fingerprint density at radius 1 is 1.09 bits per heavy atom. The number of carbonyl (C=O) groups is 2. The monoisotopic (exact) mass is 643 g/mol. The van der Waals surface area contributed by atoms with Gasteiger partial charge in [-0.15, -0.1) is 0 Å². The predicted molar refractivity (Wildman–Crippen MR) is 175 cm³/mol. The number of nitrogens with one attached hydrogen (secondary N) is 2. The normalized spacial score (nSPS) is 14.9. The summed E-state index contributed by atoms with van der Waals surface area (Å²) in [5, 5.41) is 5.65. The number of alkyl halides is 3. The number of halogens is 3. The van der Waals surface area contributed by atoms with Crippen LogP contribution in [0.1, 0.15) is 62.6 Å². The van der Waals surface area contributed by atoms with Crippen molar-refractivity contribution in [3.63, 3.8) is 0 Å². The first-order valence-electron chi connectivity index (χ1n) is 15.2. The number of aryl methyl sites for hydroxylation is 1. The fourth-order valence-corrected chi connectivity index (χ4v) is 5.24. The van der Waals surface area contributed by atoms with Gasteiger partial charge in [0, 0.05) is 26.3 Å².